The number of carboxylic acids is 1. The number of rotatable bonds is 7. The van der Waals surface area contributed by atoms with Crippen LogP contribution >= 0.6 is 81.2 Å². The summed E-state index contributed by atoms with van der Waals surface area (Å²) < 4.78 is 86.8. The number of hydrogen-bond acceptors (Lipinski definition) is 18. The lowest BCUT2D eigenvalue weighted by Gasteiger charge is -2.21. The fourth-order valence-corrected chi connectivity index (χ4v) is 7.39. The Balaban J connectivity index is 0.000000193. The Morgan fingerprint density at radius 1 is 0.667 bits per heavy atom. The molecule has 2 aromatic carbocycles. The first-order chi connectivity index (χ1) is 36.9. The largest absolute Gasteiger partial charge is 0.586 e. The zero-order chi connectivity index (χ0) is 57.5. The van der Waals surface area contributed by atoms with Crippen LogP contribution in [0, 0.1) is 0 Å². The minimum absolute atomic E-state index is 0.0154. The summed E-state index contributed by atoms with van der Waals surface area (Å²) in [5, 5.41) is 19.7. The number of carboxylic acid groups (broad SMARTS) is 1. The van der Waals surface area contributed by atoms with E-state index in [1.807, 2.05) is 0 Å². The fraction of sp³-hybridized carbons (Fsp3) is 0.267. The smallest absolute Gasteiger partial charge is 0.476 e. The summed E-state index contributed by atoms with van der Waals surface area (Å²) in [7, 11) is 8.09. The molecule has 418 valence electrons. The van der Waals surface area contributed by atoms with Crippen LogP contribution in [-0.4, -0.2) is 132 Å². The lowest BCUT2D eigenvalue weighted by molar-refractivity contribution is -0.287. The van der Waals surface area contributed by atoms with Gasteiger partial charge in [0.1, 0.15) is 17.3 Å². The number of methoxy groups -OCH3 is 2. The number of likely N-dealkylation sites (N-methyl/N-ethyl adjacent to an activating group) is 1. The number of amides is 1. The summed E-state index contributed by atoms with van der Waals surface area (Å²) in [5.41, 5.74) is 7.78. The van der Waals surface area contributed by atoms with Crippen molar-refractivity contribution >= 4 is 105 Å². The fourth-order valence-electron chi connectivity index (χ4n) is 6.22. The van der Waals surface area contributed by atoms with E-state index in [1.54, 1.807) is 25.2 Å². The second kappa shape index (κ2) is 28.3. The van der Waals surface area contributed by atoms with Crippen LogP contribution in [0.2, 0.25) is 25.4 Å². The van der Waals surface area contributed by atoms with Gasteiger partial charge in [-0.15, -0.1) is 45.7 Å². The number of carbonyl (C=O) groups is 2. The third-order valence-electron chi connectivity index (χ3n) is 9.77. The van der Waals surface area contributed by atoms with Crippen molar-refractivity contribution in [3.8, 4) is 57.3 Å². The Hall–Kier alpha value is -6.62. The number of anilines is 2. The highest BCUT2D eigenvalue weighted by molar-refractivity contribution is 6.40. The molecule has 0 spiro atoms. The van der Waals surface area contributed by atoms with Gasteiger partial charge in [0.25, 0.3) is 5.91 Å². The number of benzene rings is 2. The highest BCUT2D eigenvalue weighted by Gasteiger charge is 2.45. The molecule has 3 aliphatic heterocycles. The molecule has 0 bridgehead atoms. The minimum Gasteiger partial charge on any atom is -0.476 e. The van der Waals surface area contributed by atoms with Gasteiger partial charge in [0.2, 0.25) is 5.28 Å². The number of ether oxygens (including phenoxy) is 7. The van der Waals surface area contributed by atoms with Gasteiger partial charge >= 0.3 is 30.6 Å². The van der Waals surface area contributed by atoms with E-state index in [2.05, 4.69) is 71.3 Å². The number of pyridine rings is 2. The van der Waals surface area contributed by atoms with Gasteiger partial charge in [-0.1, -0.05) is 46.4 Å². The molecular weight excluding hydrogens is 1190 g/mol. The van der Waals surface area contributed by atoms with Gasteiger partial charge in [0.05, 0.1) is 65.3 Å². The quantitative estimate of drug-likeness (QED) is 0.0990. The van der Waals surface area contributed by atoms with E-state index in [1.165, 1.54) is 85.8 Å². The zero-order valence-electron chi connectivity index (χ0n) is 40.8. The number of nitrogens with one attached hydrogen (secondary N) is 1. The van der Waals surface area contributed by atoms with E-state index >= 15 is 0 Å². The zero-order valence-corrected chi connectivity index (χ0v) is 46.1. The monoisotopic (exact) mass is 1230 g/mol. The highest BCUT2D eigenvalue weighted by Crippen LogP contribution is 2.47. The molecule has 22 nitrogen and oxygen atoms in total. The molecule has 78 heavy (non-hydrogen) atoms. The van der Waals surface area contributed by atoms with Gasteiger partial charge in [-0.05, 0) is 55.0 Å². The van der Waals surface area contributed by atoms with Crippen LogP contribution in [0.3, 0.4) is 0 Å². The number of alkyl halides is 6. The number of aryl methyl sites for hydroxylation is 2. The first kappa shape index (κ1) is 62.2. The van der Waals surface area contributed by atoms with Crippen molar-refractivity contribution in [2.45, 2.75) is 12.6 Å². The molecule has 1 saturated heterocycles. The lowest BCUT2D eigenvalue weighted by Crippen LogP contribution is -2.32. The molecule has 1 amide bonds. The van der Waals surface area contributed by atoms with Gasteiger partial charge in [-0.3, -0.25) is 14.2 Å². The standard InChI is InChI=1S/C17H10Cl2F2N4O3.C12H7ClF2N2O2.C5H6ClN3O2.C5H5ClN2O2.C5H11NO.CH2Cl2/c1-25-15(11(19)7-23-25)16(26)24-14-3-2-8(6-22-14)9-4-12-13(5-10(9)18)28-17(20,21)27-12;13-8-4-10-9(18-12(14,15)19-10)3-7(8)6-1-2-11(16)17-5-6;1-10-4-7-3(6)8-5(9-4)11-2;1-8-4(5(9)10)3(6)2-7-8;1-6-2-4-7-5-3-6;2-1-3/h2-7H,1H3,(H,22,24,26);1-5H,(H2,16,17);1-2H3;2H,1H3,(H,9,10);2-5H2,1H3;1H2. The third-order valence-corrected chi connectivity index (χ3v) is 11.1. The molecular formula is C45H41Cl7F4N12O10. The molecule has 0 aliphatic carbocycles. The summed E-state index contributed by atoms with van der Waals surface area (Å²) >= 11 is 38.6. The van der Waals surface area contributed by atoms with Crippen molar-refractivity contribution in [2.24, 2.45) is 14.1 Å². The van der Waals surface area contributed by atoms with Gasteiger partial charge in [0, 0.05) is 74.0 Å². The van der Waals surface area contributed by atoms with E-state index in [0.717, 1.165) is 26.3 Å². The Morgan fingerprint density at radius 3 is 1.45 bits per heavy atom. The average molecular weight is 1230 g/mol. The molecule has 0 unspecified atom stereocenters. The number of nitrogens with two attached hydrogens (primary N) is 1. The van der Waals surface area contributed by atoms with E-state index in [-0.39, 0.29) is 82.9 Å². The molecule has 4 N–H and O–H groups in total. The van der Waals surface area contributed by atoms with Crippen molar-refractivity contribution in [3.63, 3.8) is 0 Å². The molecule has 33 heteroatoms. The SMILES string of the molecule is CN1CCOCC1.COc1nc(Cl)nc(OC)n1.ClCCl.Cn1ncc(Cl)c1C(=O)Nc1ccc(-c2cc3c(cc2Cl)OC(F)(F)O3)cn1.Cn1ncc(Cl)c1C(=O)O.Nc1ccc(-c2cc3c(cc2Cl)OC(F)(F)O3)cn1. The van der Waals surface area contributed by atoms with Crippen LogP contribution in [0.25, 0.3) is 22.3 Å². The molecule has 8 heterocycles. The van der Waals surface area contributed by atoms with Crippen LogP contribution in [0.1, 0.15) is 21.0 Å². The van der Waals surface area contributed by atoms with E-state index in [4.69, 9.17) is 106 Å². The van der Waals surface area contributed by atoms with Crippen LogP contribution in [0.15, 0.2) is 73.3 Å². The van der Waals surface area contributed by atoms with Crippen LogP contribution < -0.4 is 39.5 Å². The maximum Gasteiger partial charge on any atom is 0.586 e. The van der Waals surface area contributed by atoms with Gasteiger partial charge in [-0.25, -0.2) is 14.8 Å². The molecule has 5 aromatic heterocycles. The van der Waals surface area contributed by atoms with Crippen molar-refractivity contribution < 1.29 is 65.4 Å². The van der Waals surface area contributed by atoms with Crippen LogP contribution in [-0.2, 0) is 18.8 Å². The van der Waals surface area contributed by atoms with Gasteiger partial charge < -0.3 is 54.2 Å². The molecule has 7 aromatic rings. The van der Waals surface area contributed by atoms with E-state index in [9.17, 15) is 27.2 Å². The summed E-state index contributed by atoms with van der Waals surface area (Å²) in [6, 6.07) is 12.0. The summed E-state index contributed by atoms with van der Waals surface area (Å²) in [4.78, 5) is 44.0. The summed E-state index contributed by atoms with van der Waals surface area (Å²) in [5.74, 6) is -1.38. The number of morpholine rings is 1. The van der Waals surface area contributed by atoms with E-state index < -0.39 is 24.5 Å². The predicted molar refractivity (Wildman–Crippen MR) is 280 cm³/mol. The first-order valence-electron chi connectivity index (χ1n) is 21.5. The number of carbonyl (C=O) groups excluding carboxylic acids is 1. The van der Waals surface area contributed by atoms with Gasteiger partial charge in [-0.2, -0.15) is 20.2 Å². The Morgan fingerprint density at radius 2 is 1.10 bits per heavy atom. The number of hydrogen-bond donors (Lipinski definition) is 3. The molecule has 1 fully saturated rings. The first-order valence-corrected chi connectivity index (χ1v) is 24.5. The molecule has 0 radical (unpaired) electrons. The van der Waals surface area contributed by atoms with Crippen LogP contribution in [0.5, 0.6) is 35.0 Å². The van der Waals surface area contributed by atoms with Crippen molar-refractivity contribution in [1.82, 2.24) is 49.4 Å². The maximum absolute atomic E-state index is 13.2. The third kappa shape index (κ3) is 17.7. The average Bonchev–Trinajstić information content (AvgIpc) is 4.12. The normalized spacial score (nSPS) is 13.9. The molecule has 3 aliphatic rings. The molecule has 0 atom stereocenters. The van der Waals surface area contributed by atoms with E-state index in [0.29, 0.717) is 28.1 Å². The second-order valence-corrected chi connectivity index (χ2v) is 17.9. The topological polar surface area (TPSA) is 260 Å². The maximum atomic E-state index is 13.2. The highest BCUT2D eigenvalue weighted by atomic mass is 35.5. The van der Waals surface area contributed by atoms with Crippen molar-refractivity contribution in [3.05, 3.63) is 110 Å². The number of nitrogen functional groups attached to an aromatic ring is 1. The van der Waals surface area contributed by atoms with Crippen molar-refractivity contribution in [1.29, 1.82) is 0 Å². The Bertz CT molecular complexity index is 3100. The summed E-state index contributed by atoms with van der Waals surface area (Å²) in [6.07, 6.45) is -1.81. The molecule has 0 saturated carbocycles. The minimum atomic E-state index is -3.73. The number of fused-ring (bicyclic) bond motifs is 2. The predicted octanol–water partition coefficient (Wildman–Crippen LogP) is 10.4. The number of halogens is 11. The van der Waals surface area contributed by atoms with Gasteiger partial charge in [0.15, 0.2) is 28.7 Å². The molecule has 10 rings (SSSR count). The van der Waals surface area contributed by atoms with Crippen LogP contribution in [0.4, 0.5) is 29.2 Å². The van der Waals surface area contributed by atoms with Crippen molar-refractivity contribution in [2.75, 3.05) is 64.0 Å². The number of aromatic carboxylic acids is 1. The Kier molecular flexibility index (Phi) is 22.6. The Labute approximate surface area is 475 Å². The lowest BCUT2D eigenvalue weighted by atomic mass is 10.1. The number of nitrogens with zero attached hydrogens (tertiary/aromatic N) is 10. The summed E-state index contributed by atoms with van der Waals surface area (Å²) in [6.45, 7) is 4.02. The number of aromatic nitrogens is 9. The second-order valence-electron chi connectivity index (χ2n) is 15.1.